The zero-order chi connectivity index (χ0) is 53.5. The van der Waals surface area contributed by atoms with E-state index in [1.54, 1.807) is 4.90 Å². The number of aromatic nitrogens is 1. The van der Waals surface area contributed by atoms with Gasteiger partial charge >= 0.3 is 11.0 Å². The first-order valence-electron chi connectivity index (χ1n) is 26.6. The lowest BCUT2D eigenvalue weighted by Crippen LogP contribution is -2.51. The Balaban J connectivity index is 0.790. The summed E-state index contributed by atoms with van der Waals surface area (Å²) in [6.07, 6.45) is 5.35. The van der Waals surface area contributed by atoms with Crippen LogP contribution in [0.3, 0.4) is 0 Å². The Hall–Kier alpha value is -5.11. The minimum Gasteiger partial charge on any atom is -0.542 e. The summed E-state index contributed by atoms with van der Waals surface area (Å²) in [4.78, 5) is 58.9. The van der Waals surface area contributed by atoms with Crippen LogP contribution in [0.25, 0.3) is 21.3 Å². The van der Waals surface area contributed by atoms with Crippen molar-refractivity contribution in [1.82, 2.24) is 20.1 Å². The molecule has 400 valence electrons. The topological polar surface area (TPSA) is 154 Å². The van der Waals surface area contributed by atoms with Crippen LogP contribution in [-0.2, 0) is 25.3 Å². The maximum Gasteiger partial charge on any atom is 0.411 e. The van der Waals surface area contributed by atoms with Crippen molar-refractivity contribution in [1.29, 1.82) is 0 Å². The number of benzene rings is 4. The SMILES string of the molecule is CN(CCCCC(=O)Nc1ccc(CNC[C@H](O[Si](C)(C)C(C)(C)C)c2ccc(O[Si](C)(C)C(C)(C)C)c3[nH]c(=O)sc23)cc1)C(=O)CCN1CCC2(CC1)CC(OC(=O)Nc1ccccc1-c1ccccc1)C2. The number of nitrogens with one attached hydrogen (secondary N) is 4. The van der Waals surface area contributed by atoms with Gasteiger partial charge in [-0.3, -0.25) is 19.7 Å². The number of hydrogen-bond donors (Lipinski definition) is 4. The molecule has 1 atom stereocenters. The first-order valence-corrected chi connectivity index (χ1v) is 33.2. The third-order valence-electron chi connectivity index (χ3n) is 16.2. The second-order valence-electron chi connectivity index (χ2n) is 23.8. The third kappa shape index (κ3) is 14.6. The molecule has 16 heteroatoms. The molecule has 0 unspecified atom stereocenters. The zero-order valence-corrected chi connectivity index (χ0v) is 48.7. The van der Waals surface area contributed by atoms with E-state index in [9.17, 15) is 19.2 Å². The Morgan fingerprint density at radius 1 is 0.824 bits per heavy atom. The average molecular weight is 1060 g/mol. The van der Waals surface area contributed by atoms with E-state index in [0.29, 0.717) is 38.9 Å². The number of amides is 3. The number of rotatable bonds is 21. The van der Waals surface area contributed by atoms with Crippen LogP contribution in [0.4, 0.5) is 16.2 Å². The maximum atomic E-state index is 13.1. The Labute approximate surface area is 445 Å². The molecule has 1 spiro atoms. The molecule has 3 amide bonds. The van der Waals surface area contributed by atoms with Crippen molar-refractivity contribution < 1.29 is 28.0 Å². The Morgan fingerprint density at radius 3 is 2.16 bits per heavy atom. The minimum absolute atomic E-state index is 0.00199. The summed E-state index contributed by atoms with van der Waals surface area (Å²) in [5.74, 6) is 0.796. The fourth-order valence-electron chi connectivity index (χ4n) is 9.43. The highest BCUT2D eigenvalue weighted by molar-refractivity contribution is 7.16. The summed E-state index contributed by atoms with van der Waals surface area (Å²) in [5, 5.41) is 9.62. The van der Waals surface area contributed by atoms with E-state index in [-0.39, 0.29) is 44.4 Å². The molecule has 0 bridgehead atoms. The first kappa shape index (κ1) is 56.6. The van der Waals surface area contributed by atoms with Gasteiger partial charge < -0.3 is 39.0 Å². The number of aromatic amines is 1. The van der Waals surface area contributed by atoms with Gasteiger partial charge in [0.05, 0.1) is 16.5 Å². The van der Waals surface area contributed by atoms with Gasteiger partial charge in [-0.15, -0.1) is 0 Å². The Kier molecular flexibility index (Phi) is 18.2. The normalized spacial score (nSPS) is 15.9. The highest BCUT2D eigenvalue weighted by Crippen LogP contribution is 2.50. The number of carbonyl (C=O) groups is 3. The van der Waals surface area contributed by atoms with Crippen molar-refractivity contribution in [3.05, 3.63) is 112 Å². The number of thiazole rings is 1. The molecular formula is C58H82N6O7SSi2. The van der Waals surface area contributed by atoms with Crippen molar-refractivity contribution in [3.63, 3.8) is 0 Å². The Bertz CT molecular complexity index is 2750. The van der Waals surface area contributed by atoms with Crippen LogP contribution in [0, 0.1) is 5.41 Å². The highest BCUT2D eigenvalue weighted by atomic mass is 32.1. The molecule has 2 heterocycles. The molecule has 1 saturated heterocycles. The van der Waals surface area contributed by atoms with Crippen LogP contribution in [0.5, 0.6) is 5.75 Å². The Morgan fingerprint density at radius 2 is 1.49 bits per heavy atom. The number of piperidine rings is 1. The van der Waals surface area contributed by atoms with E-state index < -0.39 is 22.7 Å². The second kappa shape index (κ2) is 23.8. The predicted molar refractivity (Wildman–Crippen MR) is 307 cm³/mol. The average Bonchev–Trinajstić information content (AvgIpc) is 3.73. The molecule has 4 aromatic carbocycles. The molecule has 4 N–H and O–H groups in total. The quantitative estimate of drug-likeness (QED) is 0.0415. The number of likely N-dealkylation sites (tertiary alicyclic amines) is 1. The molecule has 1 aliphatic heterocycles. The molecule has 2 aliphatic rings. The van der Waals surface area contributed by atoms with Gasteiger partial charge in [-0.05, 0) is 129 Å². The molecule has 7 rings (SSSR count). The molecule has 1 saturated carbocycles. The van der Waals surface area contributed by atoms with Crippen molar-refractivity contribution >= 4 is 67.5 Å². The van der Waals surface area contributed by atoms with E-state index in [1.807, 2.05) is 92.0 Å². The second-order valence-corrected chi connectivity index (χ2v) is 34.3. The minimum atomic E-state index is -2.23. The van der Waals surface area contributed by atoms with Gasteiger partial charge in [0.15, 0.2) is 8.32 Å². The fraction of sp³-hybridized carbons (Fsp3) is 0.517. The molecule has 1 aromatic heterocycles. The van der Waals surface area contributed by atoms with E-state index in [2.05, 4.69) is 99.6 Å². The fourth-order valence-corrected chi connectivity index (χ4v) is 12.6. The molecule has 2 fully saturated rings. The number of H-pyrrole nitrogens is 1. The van der Waals surface area contributed by atoms with Crippen LogP contribution in [0.1, 0.15) is 110 Å². The van der Waals surface area contributed by atoms with Crippen molar-refractivity contribution in [2.24, 2.45) is 5.41 Å². The zero-order valence-electron chi connectivity index (χ0n) is 45.9. The van der Waals surface area contributed by atoms with Crippen molar-refractivity contribution in [3.8, 4) is 16.9 Å². The number of unbranched alkanes of at least 4 members (excludes halogenated alkanes) is 1. The molecule has 5 aromatic rings. The molecule has 74 heavy (non-hydrogen) atoms. The van der Waals surface area contributed by atoms with Crippen LogP contribution < -0.4 is 25.2 Å². The summed E-state index contributed by atoms with van der Waals surface area (Å²) < 4.78 is 20.5. The van der Waals surface area contributed by atoms with Crippen molar-refractivity contribution in [2.75, 3.05) is 50.4 Å². The van der Waals surface area contributed by atoms with Gasteiger partial charge in [-0.1, -0.05) is 120 Å². The summed E-state index contributed by atoms with van der Waals surface area (Å²) in [6.45, 7) is 26.7. The van der Waals surface area contributed by atoms with Crippen LogP contribution in [0.2, 0.25) is 36.3 Å². The summed E-state index contributed by atoms with van der Waals surface area (Å²) in [5.41, 5.74) is 6.48. The van der Waals surface area contributed by atoms with E-state index in [4.69, 9.17) is 13.6 Å². The summed E-state index contributed by atoms with van der Waals surface area (Å²) in [7, 11) is -2.55. The third-order valence-corrected chi connectivity index (χ3v) is 26.0. The lowest BCUT2D eigenvalue weighted by atomic mass is 9.61. The standard InChI is InChI=1S/C58H82N6O7SSi2/c1-56(2,3)73(8,9)70-48-29-28-46(53-52(48)62-55(68)72-53)49(71-74(10,11)57(4,5)6)40-59-39-41-24-26-43(27-25-41)60-50(65)23-17-18-33-63(7)51(66)30-34-64-35-31-58(32-36-64)37-44(38-58)69-54(67)61-47-22-16-15-21-45(47)42-19-13-12-14-20-42/h12-16,19-22,24-29,44,49,59H,17-18,23,30-40H2,1-11H3,(H,60,65)(H,61,67)(H,62,68)/t49-/m0/s1. The maximum absolute atomic E-state index is 13.1. The predicted octanol–water partition coefficient (Wildman–Crippen LogP) is 12.9. The number of anilines is 2. The monoisotopic (exact) mass is 1060 g/mol. The molecule has 0 radical (unpaired) electrons. The van der Waals surface area contributed by atoms with E-state index in [1.165, 1.54) is 11.3 Å². The molecular weight excluding hydrogens is 981 g/mol. The number of carbonyl (C=O) groups excluding carboxylic acids is 3. The van der Waals surface area contributed by atoms with Crippen LogP contribution in [0.15, 0.2) is 95.8 Å². The summed E-state index contributed by atoms with van der Waals surface area (Å²) >= 11 is 1.21. The smallest absolute Gasteiger partial charge is 0.411 e. The number of fused-ring (bicyclic) bond motifs is 1. The molecule has 13 nitrogen and oxygen atoms in total. The van der Waals surface area contributed by atoms with Gasteiger partial charge in [0.25, 0.3) is 8.32 Å². The largest absolute Gasteiger partial charge is 0.542 e. The number of para-hydroxylation sites is 1. The van der Waals surface area contributed by atoms with Crippen LogP contribution >= 0.6 is 11.3 Å². The number of hydrogen-bond acceptors (Lipinski definition) is 10. The van der Waals surface area contributed by atoms with Crippen LogP contribution in [-0.4, -0.2) is 95.2 Å². The highest BCUT2D eigenvalue weighted by Gasteiger charge is 2.48. The van der Waals surface area contributed by atoms with E-state index in [0.717, 1.165) is 101 Å². The van der Waals surface area contributed by atoms with E-state index >= 15 is 0 Å². The van der Waals surface area contributed by atoms with Gasteiger partial charge in [-0.25, -0.2) is 4.79 Å². The summed E-state index contributed by atoms with van der Waals surface area (Å²) in [6, 6.07) is 29.8. The number of nitrogens with zero attached hydrogens (tertiary/aromatic N) is 2. The first-order chi connectivity index (χ1) is 34.9. The van der Waals surface area contributed by atoms with Gasteiger partial charge in [-0.2, -0.15) is 0 Å². The lowest BCUT2D eigenvalue weighted by molar-refractivity contribution is -0.130. The molecule has 1 aliphatic carbocycles. The number of ether oxygens (including phenoxy) is 1. The van der Waals surface area contributed by atoms with Gasteiger partial charge in [0.1, 0.15) is 17.4 Å². The lowest BCUT2D eigenvalue weighted by Gasteiger charge is -2.51. The van der Waals surface area contributed by atoms with Gasteiger partial charge in [0.2, 0.25) is 11.8 Å². The van der Waals surface area contributed by atoms with Gasteiger partial charge in [0, 0.05) is 62.9 Å². The van der Waals surface area contributed by atoms with Crippen molar-refractivity contribution in [2.45, 2.75) is 148 Å².